The van der Waals surface area contributed by atoms with E-state index in [1.807, 2.05) is 25.1 Å². The number of carbonyl (C=O) groups excluding carboxylic acids is 2. The van der Waals surface area contributed by atoms with E-state index >= 15 is 0 Å². The molecule has 3 N–H and O–H groups in total. The first-order valence-electron chi connectivity index (χ1n) is 9.45. The second kappa shape index (κ2) is 10.8. The number of nitrogens with one attached hydrogen (secondary N) is 2. The van der Waals surface area contributed by atoms with Crippen molar-refractivity contribution in [3.8, 4) is 5.75 Å². The molecule has 0 aliphatic carbocycles. The van der Waals surface area contributed by atoms with E-state index in [-0.39, 0.29) is 18.7 Å². The van der Waals surface area contributed by atoms with Gasteiger partial charge in [-0.15, -0.1) is 0 Å². The minimum Gasteiger partial charge on any atom is -0.494 e. The summed E-state index contributed by atoms with van der Waals surface area (Å²) in [5.41, 5.74) is 1.47. The third-order valence-corrected chi connectivity index (χ3v) is 4.28. The van der Waals surface area contributed by atoms with Crippen LogP contribution in [0, 0.1) is 0 Å². The van der Waals surface area contributed by atoms with Crippen LogP contribution in [0.3, 0.4) is 0 Å². The zero-order valence-corrected chi connectivity index (χ0v) is 16.6. The summed E-state index contributed by atoms with van der Waals surface area (Å²) < 4.78 is 5.60. The predicted molar refractivity (Wildman–Crippen MR) is 108 cm³/mol. The van der Waals surface area contributed by atoms with Crippen LogP contribution in [-0.4, -0.2) is 35.5 Å². The molecule has 0 saturated heterocycles. The molecule has 2 atom stereocenters. The molecular weight excluding hydrogens is 372 g/mol. The van der Waals surface area contributed by atoms with E-state index in [1.165, 1.54) is 6.92 Å². The SMILES string of the molecule is CCOc1ccccc1C(CC(=O)NC(Cc1ccccc1)C(=O)O)NC(C)=O. The van der Waals surface area contributed by atoms with Crippen molar-refractivity contribution >= 4 is 17.8 Å². The third kappa shape index (κ3) is 6.95. The first-order chi connectivity index (χ1) is 13.9. The van der Waals surface area contributed by atoms with Crippen LogP contribution in [-0.2, 0) is 20.8 Å². The van der Waals surface area contributed by atoms with E-state index in [0.717, 1.165) is 5.56 Å². The Kier molecular flexibility index (Phi) is 8.21. The fraction of sp³-hybridized carbons (Fsp3) is 0.318. The number of amides is 2. The van der Waals surface area contributed by atoms with Crippen molar-refractivity contribution < 1.29 is 24.2 Å². The van der Waals surface area contributed by atoms with Crippen molar-refractivity contribution in [1.29, 1.82) is 0 Å². The number of carboxylic acids is 1. The Hall–Kier alpha value is -3.35. The summed E-state index contributed by atoms with van der Waals surface area (Å²) in [4.78, 5) is 35.9. The molecule has 2 aromatic carbocycles. The average molecular weight is 398 g/mol. The lowest BCUT2D eigenvalue weighted by atomic mass is 10.0. The van der Waals surface area contributed by atoms with Gasteiger partial charge >= 0.3 is 5.97 Å². The summed E-state index contributed by atoms with van der Waals surface area (Å²) >= 11 is 0. The number of benzene rings is 2. The molecule has 2 rings (SSSR count). The number of rotatable bonds is 10. The van der Waals surface area contributed by atoms with Crippen LogP contribution in [0.4, 0.5) is 0 Å². The number of ether oxygens (including phenoxy) is 1. The second-order valence-electron chi connectivity index (χ2n) is 6.58. The molecule has 2 amide bonds. The lowest BCUT2D eigenvalue weighted by Crippen LogP contribution is -2.43. The molecule has 0 saturated carbocycles. The summed E-state index contributed by atoms with van der Waals surface area (Å²) in [6.07, 6.45) is 0.0600. The lowest BCUT2D eigenvalue weighted by Gasteiger charge is -2.22. The number of para-hydroxylation sites is 1. The molecule has 154 valence electrons. The molecule has 2 aromatic rings. The topological polar surface area (TPSA) is 105 Å². The Labute approximate surface area is 170 Å². The molecule has 7 heteroatoms. The molecule has 0 aromatic heterocycles. The zero-order chi connectivity index (χ0) is 21.2. The van der Waals surface area contributed by atoms with E-state index in [0.29, 0.717) is 17.9 Å². The van der Waals surface area contributed by atoms with Gasteiger partial charge < -0.3 is 20.5 Å². The van der Waals surface area contributed by atoms with Gasteiger partial charge in [0.1, 0.15) is 11.8 Å². The minimum absolute atomic E-state index is 0.109. The first kappa shape index (κ1) is 21.9. The van der Waals surface area contributed by atoms with E-state index < -0.39 is 24.0 Å². The van der Waals surface area contributed by atoms with Crippen LogP contribution in [0.2, 0.25) is 0 Å². The van der Waals surface area contributed by atoms with Gasteiger partial charge in [0.15, 0.2) is 0 Å². The smallest absolute Gasteiger partial charge is 0.326 e. The van der Waals surface area contributed by atoms with Gasteiger partial charge in [0, 0.05) is 18.9 Å². The quantitative estimate of drug-likeness (QED) is 0.570. The van der Waals surface area contributed by atoms with Crippen molar-refractivity contribution in [2.45, 2.75) is 38.8 Å². The maximum absolute atomic E-state index is 12.6. The number of hydrogen-bond donors (Lipinski definition) is 3. The van der Waals surface area contributed by atoms with E-state index in [2.05, 4.69) is 10.6 Å². The predicted octanol–water partition coefficient (Wildman–Crippen LogP) is 2.46. The van der Waals surface area contributed by atoms with Crippen LogP contribution in [0.25, 0.3) is 0 Å². The summed E-state index contributed by atoms with van der Waals surface area (Å²) in [5, 5.41) is 14.8. The molecule has 0 aliphatic rings. The van der Waals surface area contributed by atoms with Crippen molar-refractivity contribution in [2.24, 2.45) is 0 Å². The molecule has 29 heavy (non-hydrogen) atoms. The Balaban J connectivity index is 2.14. The fourth-order valence-electron chi connectivity index (χ4n) is 3.03. The van der Waals surface area contributed by atoms with Crippen molar-refractivity contribution in [2.75, 3.05) is 6.61 Å². The molecule has 7 nitrogen and oxygen atoms in total. The Morgan fingerprint density at radius 3 is 2.28 bits per heavy atom. The van der Waals surface area contributed by atoms with Crippen molar-refractivity contribution in [1.82, 2.24) is 10.6 Å². The van der Waals surface area contributed by atoms with E-state index in [1.54, 1.807) is 36.4 Å². The summed E-state index contributed by atoms with van der Waals surface area (Å²) in [7, 11) is 0. The Bertz CT molecular complexity index is 838. The Morgan fingerprint density at radius 2 is 1.66 bits per heavy atom. The molecule has 2 unspecified atom stereocenters. The minimum atomic E-state index is -1.12. The number of carboxylic acid groups (broad SMARTS) is 1. The van der Waals surface area contributed by atoms with Gasteiger partial charge in [-0.25, -0.2) is 4.79 Å². The maximum Gasteiger partial charge on any atom is 0.326 e. The average Bonchev–Trinajstić information content (AvgIpc) is 2.68. The molecule has 0 spiro atoms. The molecule has 0 fully saturated rings. The van der Waals surface area contributed by atoms with E-state index in [9.17, 15) is 19.5 Å². The maximum atomic E-state index is 12.6. The molecule has 0 radical (unpaired) electrons. The highest BCUT2D eigenvalue weighted by atomic mass is 16.5. The van der Waals surface area contributed by atoms with Gasteiger partial charge in [0.25, 0.3) is 0 Å². The normalized spacial score (nSPS) is 12.5. The first-order valence-corrected chi connectivity index (χ1v) is 9.45. The summed E-state index contributed by atoms with van der Waals surface area (Å²) in [6, 6.07) is 14.5. The standard InChI is InChI=1S/C22H26N2O5/c1-3-29-20-12-8-7-11-17(20)18(23-15(2)25)14-21(26)24-19(22(27)28)13-16-9-5-4-6-10-16/h4-12,18-19H,3,13-14H2,1-2H3,(H,23,25)(H,24,26)(H,27,28). The van der Waals surface area contributed by atoms with Gasteiger partial charge in [-0.1, -0.05) is 48.5 Å². The lowest BCUT2D eigenvalue weighted by molar-refractivity contribution is -0.142. The van der Waals surface area contributed by atoms with Crippen LogP contribution in [0.15, 0.2) is 54.6 Å². The van der Waals surface area contributed by atoms with Crippen LogP contribution >= 0.6 is 0 Å². The van der Waals surface area contributed by atoms with Crippen molar-refractivity contribution in [3.05, 3.63) is 65.7 Å². The fourth-order valence-corrected chi connectivity index (χ4v) is 3.03. The second-order valence-corrected chi connectivity index (χ2v) is 6.58. The van der Waals surface area contributed by atoms with Gasteiger partial charge in [-0.05, 0) is 18.6 Å². The van der Waals surface area contributed by atoms with Gasteiger partial charge in [0.05, 0.1) is 19.1 Å². The Morgan fingerprint density at radius 1 is 1.00 bits per heavy atom. The largest absolute Gasteiger partial charge is 0.494 e. The summed E-state index contributed by atoms with van der Waals surface area (Å²) in [5.74, 6) is -1.32. The molecule has 0 bridgehead atoms. The molecular formula is C22H26N2O5. The van der Waals surface area contributed by atoms with Crippen LogP contribution < -0.4 is 15.4 Å². The zero-order valence-electron chi connectivity index (χ0n) is 16.6. The third-order valence-electron chi connectivity index (χ3n) is 4.28. The van der Waals surface area contributed by atoms with Gasteiger partial charge in [0.2, 0.25) is 11.8 Å². The molecule has 0 heterocycles. The monoisotopic (exact) mass is 398 g/mol. The van der Waals surface area contributed by atoms with Crippen molar-refractivity contribution in [3.63, 3.8) is 0 Å². The van der Waals surface area contributed by atoms with Gasteiger partial charge in [-0.3, -0.25) is 9.59 Å². The highest BCUT2D eigenvalue weighted by molar-refractivity contribution is 5.85. The highest BCUT2D eigenvalue weighted by Crippen LogP contribution is 2.27. The summed E-state index contributed by atoms with van der Waals surface area (Å²) in [6.45, 7) is 3.65. The van der Waals surface area contributed by atoms with E-state index in [4.69, 9.17) is 4.74 Å². The number of aliphatic carboxylic acids is 1. The molecule has 0 aliphatic heterocycles. The number of hydrogen-bond acceptors (Lipinski definition) is 4. The van der Waals surface area contributed by atoms with Crippen LogP contribution in [0.1, 0.15) is 37.4 Å². The highest BCUT2D eigenvalue weighted by Gasteiger charge is 2.25. The number of carbonyl (C=O) groups is 3. The van der Waals surface area contributed by atoms with Crippen LogP contribution in [0.5, 0.6) is 5.75 Å². The van der Waals surface area contributed by atoms with Gasteiger partial charge in [-0.2, -0.15) is 0 Å².